The van der Waals surface area contributed by atoms with Crippen LogP contribution in [0.5, 0.6) is 5.75 Å². The SMILES string of the molecule is COc1ccc(C(=O)NC(=S)Nc2ccc(S(=O)(=O)N3CCCC3)cc2)cc1Br. The van der Waals surface area contributed by atoms with Crippen LogP contribution in [-0.4, -0.2) is 43.9 Å². The highest BCUT2D eigenvalue weighted by atomic mass is 79.9. The average Bonchev–Trinajstić information content (AvgIpc) is 3.24. The van der Waals surface area contributed by atoms with E-state index in [1.54, 1.807) is 37.4 Å². The molecule has 0 unspecified atom stereocenters. The Kier molecular flexibility index (Phi) is 6.89. The Hall–Kier alpha value is -2.01. The maximum absolute atomic E-state index is 12.6. The molecule has 0 saturated carbocycles. The quantitative estimate of drug-likeness (QED) is 0.615. The number of carbonyl (C=O) groups is 1. The number of thiocarbonyl (C=S) groups is 1. The molecule has 0 aromatic heterocycles. The summed E-state index contributed by atoms with van der Waals surface area (Å²) in [6.07, 6.45) is 1.77. The van der Waals surface area contributed by atoms with E-state index in [0.717, 1.165) is 12.8 Å². The first-order chi connectivity index (χ1) is 13.8. The monoisotopic (exact) mass is 497 g/mol. The van der Waals surface area contributed by atoms with Crippen molar-refractivity contribution in [1.82, 2.24) is 9.62 Å². The summed E-state index contributed by atoms with van der Waals surface area (Å²) in [5.41, 5.74) is 0.987. The molecule has 3 rings (SSSR count). The standard InChI is InChI=1S/C19H20BrN3O4S2/c1-27-17-9-4-13(12-16(17)20)18(24)22-19(28)21-14-5-7-15(8-6-14)29(25,26)23-10-2-3-11-23/h4-9,12H,2-3,10-11H2,1H3,(H2,21,22,24,28). The third-order valence-corrected chi connectivity index (χ3v) is 7.19. The zero-order valence-corrected chi connectivity index (χ0v) is 18.9. The number of ether oxygens (including phenoxy) is 1. The fraction of sp³-hybridized carbons (Fsp3) is 0.263. The van der Waals surface area contributed by atoms with Crippen molar-refractivity contribution >= 4 is 54.9 Å². The van der Waals surface area contributed by atoms with Crippen LogP contribution in [0.4, 0.5) is 5.69 Å². The average molecular weight is 498 g/mol. The number of amides is 1. The molecule has 1 heterocycles. The number of rotatable bonds is 5. The van der Waals surface area contributed by atoms with Gasteiger partial charge < -0.3 is 10.1 Å². The van der Waals surface area contributed by atoms with Gasteiger partial charge in [0.2, 0.25) is 10.0 Å². The topological polar surface area (TPSA) is 87.7 Å². The summed E-state index contributed by atoms with van der Waals surface area (Å²) >= 11 is 8.52. The molecule has 10 heteroatoms. The van der Waals surface area contributed by atoms with Crippen LogP contribution in [0.25, 0.3) is 0 Å². The van der Waals surface area contributed by atoms with Gasteiger partial charge in [-0.05, 0) is 83.5 Å². The molecule has 0 radical (unpaired) electrons. The van der Waals surface area contributed by atoms with Gasteiger partial charge >= 0.3 is 0 Å². The van der Waals surface area contributed by atoms with Crippen LogP contribution in [0.15, 0.2) is 51.8 Å². The highest BCUT2D eigenvalue weighted by molar-refractivity contribution is 9.10. The molecule has 0 bridgehead atoms. The van der Waals surface area contributed by atoms with E-state index in [9.17, 15) is 13.2 Å². The molecule has 1 aliphatic heterocycles. The number of hydrogen-bond donors (Lipinski definition) is 2. The minimum absolute atomic E-state index is 0.108. The fourth-order valence-corrected chi connectivity index (χ4v) is 5.20. The van der Waals surface area contributed by atoms with Crippen molar-refractivity contribution in [3.8, 4) is 5.75 Å². The lowest BCUT2D eigenvalue weighted by molar-refractivity contribution is 0.0977. The van der Waals surface area contributed by atoms with Gasteiger partial charge in [0, 0.05) is 24.3 Å². The molecule has 154 valence electrons. The Balaban J connectivity index is 1.62. The van der Waals surface area contributed by atoms with Crippen molar-refractivity contribution in [2.24, 2.45) is 0 Å². The van der Waals surface area contributed by atoms with E-state index in [4.69, 9.17) is 17.0 Å². The maximum Gasteiger partial charge on any atom is 0.257 e. The zero-order chi connectivity index (χ0) is 21.0. The first-order valence-corrected chi connectivity index (χ1v) is 11.5. The molecule has 0 atom stereocenters. The van der Waals surface area contributed by atoms with E-state index in [2.05, 4.69) is 26.6 Å². The van der Waals surface area contributed by atoms with E-state index >= 15 is 0 Å². The second-order valence-electron chi connectivity index (χ2n) is 6.39. The minimum Gasteiger partial charge on any atom is -0.496 e. The van der Waals surface area contributed by atoms with Crippen molar-refractivity contribution in [1.29, 1.82) is 0 Å². The number of anilines is 1. The Bertz CT molecular complexity index is 1020. The number of methoxy groups -OCH3 is 1. The lowest BCUT2D eigenvalue weighted by Crippen LogP contribution is -2.34. The van der Waals surface area contributed by atoms with E-state index in [-0.39, 0.29) is 15.9 Å². The van der Waals surface area contributed by atoms with Crippen LogP contribution in [-0.2, 0) is 10.0 Å². The number of sulfonamides is 1. The normalized spacial score (nSPS) is 14.4. The molecule has 2 aromatic carbocycles. The summed E-state index contributed by atoms with van der Waals surface area (Å²) < 4.78 is 32.4. The van der Waals surface area contributed by atoms with Gasteiger partial charge in [-0.3, -0.25) is 10.1 Å². The molecule has 29 heavy (non-hydrogen) atoms. The molecule has 2 N–H and O–H groups in total. The number of nitrogens with zero attached hydrogens (tertiary/aromatic N) is 1. The van der Waals surface area contributed by atoms with E-state index in [0.29, 0.717) is 34.6 Å². The third-order valence-electron chi connectivity index (χ3n) is 4.46. The van der Waals surface area contributed by atoms with Crippen molar-refractivity contribution in [2.75, 3.05) is 25.5 Å². The summed E-state index contributed by atoms with van der Waals surface area (Å²) in [4.78, 5) is 12.6. The predicted molar refractivity (Wildman–Crippen MR) is 119 cm³/mol. The van der Waals surface area contributed by atoms with Gasteiger partial charge in [0.25, 0.3) is 5.91 Å². The molecule has 2 aromatic rings. The Morgan fingerprint density at radius 3 is 2.38 bits per heavy atom. The minimum atomic E-state index is -3.46. The van der Waals surface area contributed by atoms with Crippen LogP contribution < -0.4 is 15.4 Å². The Morgan fingerprint density at radius 2 is 1.79 bits per heavy atom. The van der Waals surface area contributed by atoms with Gasteiger partial charge in [-0.2, -0.15) is 4.31 Å². The molecular weight excluding hydrogens is 478 g/mol. The lowest BCUT2D eigenvalue weighted by Gasteiger charge is -2.16. The largest absolute Gasteiger partial charge is 0.496 e. The first kappa shape index (κ1) is 21.7. The van der Waals surface area contributed by atoms with Gasteiger partial charge in [0.1, 0.15) is 5.75 Å². The van der Waals surface area contributed by atoms with E-state index in [1.807, 2.05) is 0 Å². The lowest BCUT2D eigenvalue weighted by atomic mass is 10.2. The highest BCUT2D eigenvalue weighted by Gasteiger charge is 2.26. The van der Waals surface area contributed by atoms with Crippen molar-refractivity contribution in [3.63, 3.8) is 0 Å². The second kappa shape index (κ2) is 9.21. The van der Waals surface area contributed by atoms with Crippen molar-refractivity contribution < 1.29 is 17.9 Å². The number of carbonyl (C=O) groups excluding carboxylic acids is 1. The zero-order valence-electron chi connectivity index (χ0n) is 15.6. The first-order valence-electron chi connectivity index (χ1n) is 8.87. The molecular formula is C19H20BrN3O4S2. The maximum atomic E-state index is 12.6. The molecule has 1 aliphatic rings. The molecule has 1 saturated heterocycles. The summed E-state index contributed by atoms with van der Waals surface area (Å²) in [5, 5.41) is 5.58. The molecule has 0 aliphatic carbocycles. The van der Waals surface area contributed by atoms with Crippen LogP contribution >= 0.6 is 28.1 Å². The van der Waals surface area contributed by atoms with Crippen LogP contribution in [0.2, 0.25) is 0 Å². The van der Waals surface area contributed by atoms with E-state index < -0.39 is 10.0 Å². The van der Waals surface area contributed by atoms with Crippen LogP contribution in [0.1, 0.15) is 23.2 Å². The summed E-state index contributed by atoms with van der Waals surface area (Å²) in [7, 11) is -1.92. The predicted octanol–water partition coefficient (Wildman–Crippen LogP) is 3.37. The highest BCUT2D eigenvalue weighted by Crippen LogP contribution is 2.25. The molecule has 0 spiro atoms. The van der Waals surface area contributed by atoms with Gasteiger partial charge in [0.15, 0.2) is 5.11 Å². The third kappa shape index (κ3) is 5.13. The van der Waals surface area contributed by atoms with Gasteiger partial charge in [0.05, 0.1) is 16.5 Å². The van der Waals surface area contributed by atoms with Gasteiger partial charge in [-0.25, -0.2) is 8.42 Å². The second-order valence-corrected chi connectivity index (χ2v) is 9.59. The number of nitrogens with one attached hydrogen (secondary N) is 2. The Labute approximate surface area is 183 Å². The molecule has 1 fully saturated rings. The smallest absolute Gasteiger partial charge is 0.257 e. The van der Waals surface area contributed by atoms with Gasteiger partial charge in [-0.15, -0.1) is 0 Å². The van der Waals surface area contributed by atoms with Crippen LogP contribution in [0, 0.1) is 0 Å². The number of benzene rings is 2. The molecule has 1 amide bonds. The Morgan fingerprint density at radius 1 is 1.14 bits per heavy atom. The number of halogens is 1. The van der Waals surface area contributed by atoms with Crippen molar-refractivity contribution in [2.45, 2.75) is 17.7 Å². The number of hydrogen-bond acceptors (Lipinski definition) is 5. The van der Waals surface area contributed by atoms with Crippen molar-refractivity contribution in [3.05, 3.63) is 52.5 Å². The van der Waals surface area contributed by atoms with E-state index in [1.165, 1.54) is 16.4 Å². The fourth-order valence-electron chi connectivity index (χ4n) is 2.93. The summed E-state index contributed by atoms with van der Waals surface area (Å²) in [6.45, 7) is 1.11. The van der Waals surface area contributed by atoms with Gasteiger partial charge in [-0.1, -0.05) is 0 Å². The molecule has 7 nitrogen and oxygen atoms in total. The van der Waals surface area contributed by atoms with Crippen LogP contribution in [0.3, 0.4) is 0 Å². The summed E-state index contributed by atoms with van der Waals surface area (Å²) in [5.74, 6) is 0.241. The summed E-state index contributed by atoms with van der Waals surface area (Å²) in [6, 6.07) is 11.2.